The molecule has 0 spiro atoms. The van der Waals surface area contributed by atoms with Crippen molar-refractivity contribution < 1.29 is 19.4 Å². The van der Waals surface area contributed by atoms with Gasteiger partial charge < -0.3 is 10.2 Å². The zero-order valence-corrected chi connectivity index (χ0v) is 21.9. The number of carbonyl (C=O) groups is 1. The molecule has 0 saturated carbocycles. The van der Waals surface area contributed by atoms with Crippen molar-refractivity contribution in [3.8, 4) is 28.1 Å². The van der Waals surface area contributed by atoms with Gasteiger partial charge in [-0.1, -0.05) is 16.8 Å². The van der Waals surface area contributed by atoms with Crippen molar-refractivity contribution in [3.63, 3.8) is 0 Å². The van der Waals surface area contributed by atoms with Gasteiger partial charge in [-0.25, -0.2) is 9.37 Å². The molecule has 1 amide bonds. The van der Waals surface area contributed by atoms with Crippen LogP contribution < -0.4 is 4.74 Å². The second-order valence-corrected chi connectivity index (χ2v) is 10.3. The Balaban J connectivity index is 0.00000336. The lowest BCUT2D eigenvalue weighted by Crippen LogP contribution is -2.09. The summed E-state index contributed by atoms with van der Waals surface area (Å²) in [6.07, 6.45) is 9.17. The van der Waals surface area contributed by atoms with E-state index in [-0.39, 0.29) is 23.0 Å². The molecule has 5 aromatic rings. The molecular formula is C28H26FN5O3S. The first-order valence-electron chi connectivity index (χ1n) is 11.5. The van der Waals surface area contributed by atoms with E-state index in [1.54, 1.807) is 29.2 Å². The number of benzene rings is 2. The SMILES string of the molecule is Cn1cc(-c2ccncc2)c(-c2ccc(OCc3nc4cccc(F)c4cc3C(=O)N=S(C)C)cc2)n1.O. The maximum absolute atomic E-state index is 14.4. The van der Waals surface area contributed by atoms with Crippen molar-refractivity contribution in [2.24, 2.45) is 11.4 Å². The third kappa shape index (κ3) is 5.66. The van der Waals surface area contributed by atoms with Crippen LogP contribution in [0.3, 0.4) is 0 Å². The summed E-state index contributed by atoms with van der Waals surface area (Å²) in [5, 5.41) is 4.92. The van der Waals surface area contributed by atoms with Gasteiger partial charge in [-0.2, -0.15) is 9.46 Å². The number of halogens is 1. The Hall–Kier alpha value is -4.28. The Morgan fingerprint density at radius 3 is 2.50 bits per heavy atom. The summed E-state index contributed by atoms with van der Waals surface area (Å²) in [7, 11) is 1.42. The van der Waals surface area contributed by atoms with E-state index in [1.807, 2.05) is 62.2 Å². The number of hydrogen-bond acceptors (Lipinski definition) is 5. The molecule has 38 heavy (non-hydrogen) atoms. The van der Waals surface area contributed by atoms with Gasteiger partial charge in [0.05, 0.1) is 16.8 Å². The number of ether oxygens (including phenoxy) is 1. The molecule has 0 saturated heterocycles. The van der Waals surface area contributed by atoms with Crippen molar-refractivity contribution in [1.29, 1.82) is 0 Å². The van der Waals surface area contributed by atoms with Crippen LogP contribution in [0.2, 0.25) is 0 Å². The highest BCUT2D eigenvalue weighted by Gasteiger charge is 2.17. The van der Waals surface area contributed by atoms with E-state index >= 15 is 0 Å². The zero-order valence-electron chi connectivity index (χ0n) is 21.1. The Morgan fingerprint density at radius 2 is 1.79 bits per heavy atom. The fourth-order valence-electron chi connectivity index (χ4n) is 4.01. The third-order valence-corrected chi connectivity index (χ3v) is 6.24. The van der Waals surface area contributed by atoms with Gasteiger partial charge in [0, 0.05) is 42.2 Å². The van der Waals surface area contributed by atoms with E-state index in [0.29, 0.717) is 17.0 Å². The number of aryl methyl sites for hydroxylation is 1. The summed E-state index contributed by atoms with van der Waals surface area (Å²) < 4.78 is 26.3. The number of aromatic nitrogens is 4. The van der Waals surface area contributed by atoms with Crippen LogP contribution in [-0.2, 0) is 24.3 Å². The largest absolute Gasteiger partial charge is 0.487 e. The van der Waals surface area contributed by atoms with Gasteiger partial charge in [-0.3, -0.25) is 14.5 Å². The molecule has 0 aliphatic carbocycles. The zero-order chi connectivity index (χ0) is 25.9. The summed E-state index contributed by atoms with van der Waals surface area (Å²) >= 11 is 0. The van der Waals surface area contributed by atoms with E-state index in [2.05, 4.69) is 19.4 Å². The highest BCUT2D eigenvalue weighted by Crippen LogP contribution is 2.31. The quantitative estimate of drug-likeness (QED) is 0.313. The van der Waals surface area contributed by atoms with Gasteiger partial charge in [0.1, 0.15) is 23.9 Å². The Kier molecular flexibility index (Phi) is 8.04. The standard InChI is InChI=1S/C28H24FN5O2S.H2O/c1-34-16-23(18-11-13-30-14-12-18)27(32-34)19-7-9-20(10-8-19)36-17-26-22(28(35)33-37(2)3)15-21-24(29)5-4-6-25(21)31-26;/h4-16H,17H2,1-3H3;1H2. The van der Waals surface area contributed by atoms with Crippen LogP contribution in [-0.4, -0.2) is 43.6 Å². The molecule has 3 heterocycles. The predicted octanol–water partition coefficient (Wildman–Crippen LogP) is 4.79. The lowest BCUT2D eigenvalue weighted by molar-refractivity contribution is 0.100. The van der Waals surface area contributed by atoms with Gasteiger partial charge in [-0.05, 0) is 72.7 Å². The summed E-state index contributed by atoms with van der Waals surface area (Å²) in [4.78, 5) is 21.4. The molecule has 0 unspecified atom stereocenters. The molecule has 0 fully saturated rings. The predicted molar refractivity (Wildman–Crippen MR) is 147 cm³/mol. The van der Waals surface area contributed by atoms with E-state index in [4.69, 9.17) is 4.74 Å². The Labute approximate surface area is 221 Å². The topological polar surface area (TPSA) is 114 Å². The molecule has 0 bridgehead atoms. The third-order valence-electron chi connectivity index (χ3n) is 5.70. The summed E-state index contributed by atoms with van der Waals surface area (Å²) in [5.41, 5.74) is 4.92. The average Bonchev–Trinajstić information content (AvgIpc) is 3.29. The summed E-state index contributed by atoms with van der Waals surface area (Å²) in [6.45, 7) is 0.0372. The molecule has 2 aromatic carbocycles. The molecular weight excluding hydrogens is 505 g/mol. The first-order valence-corrected chi connectivity index (χ1v) is 13.5. The molecule has 0 atom stereocenters. The molecule has 0 aliphatic rings. The molecule has 3 aromatic heterocycles. The van der Waals surface area contributed by atoms with Crippen LogP contribution >= 0.6 is 0 Å². The second-order valence-electron chi connectivity index (χ2n) is 8.57. The number of nitrogens with zero attached hydrogens (tertiary/aromatic N) is 5. The molecule has 10 heteroatoms. The number of carbonyl (C=O) groups excluding carboxylic acids is 1. The maximum Gasteiger partial charge on any atom is 0.284 e. The Morgan fingerprint density at radius 1 is 1.05 bits per heavy atom. The van der Waals surface area contributed by atoms with Gasteiger partial charge in [0.25, 0.3) is 5.91 Å². The van der Waals surface area contributed by atoms with E-state index in [0.717, 1.165) is 22.4 Å². The van der Waals surface area contributed by atoms with Crippen molar-refractivity contribution >= 4 is 27.5 Å². The summed E-state index contributed by atoms with van der Waals surface area (Å²) in [6, 6.07) is 17.6. The smallest absolute Gasteiger partial charge is 0.284 e. The normalized spacial score (nSPS) is 10.9. The van der Waals surface area contributed by atoms with Crippen LogP contribution in [0.15, 0.2) is 83.6 Å². The monoisotopic (exact) mass is 531 g/mol. The van der Waals surface area contributed by atoms with Crippen LogP contribution in [0.5, 0.6) is 5.75 Å². The minimum atomic E-state index is -0.467. The van der Waals surface area contributed by atoms with Gasteiger partial charge in [-0.15, -0.1) is 0 Å². The highest BCUT2D eigenvalue weighted by molar-refractivity contribution is 7.86. The first-order chi connectivity index (χ1) is 17.9. The van der Waals surface area contributed by atoms with Crippen molar-refractivity contribution in [2.75, 3.05) is 12.5 Å². The first kappa shape index (κ1) is 26.8. The van der Waals surface area contributed by atoms with Crippen LogP contribution in [0.4, 0.5) is 4.39 Å². The highest BCUT2D eigenvalue weighted by atomic mass is 32.2. The second kappa shape index (κ2) is 11.4. The lowest BCUT2D eigenvalue weighted by atomic mass is 10.0. The molecule has 0 aliphatic heterocycles. The van der Waals surface area contributed by atoms with Crippen LogP contribution in [0.1, 0.15) is 16.1 Å². The van der Waals surface area contributed by atoms with Crippen LogP contribution in [0, 0.1) is 5.82 Å². The molecule has 194 valence electrons. The fourth-order valence-corrected chi connectivity index (χ4v) is 4.44. The number of pyridine rings is 2. The van der Waals surface area contributed by atoms with Crippen molar-refractivity contribution in [1.82, 2.24) is 19.7 Å². The molecule has 2 N–H and O–H groups in total. The van der Waals surface area contributed by atoms with Gasteiger partial charge in [0.2, 0.25) is 0 Å². The maximum atomic E-state index is 14.4. The Bertz CT molecular complexity index is 1630. The number of amides is 1. The minimum Gasteiger partial charge on any atom is -0.487 e. The fraction of sp³-hybridized carbons (Fsp3) is 0.143. The minimum absolute atomic E-state index is 0. The van der Waals surface area contributed by atoms with Crippen LogP contribution in [0.25, 0.3) is 33.3 Å². The summed E-state index contributed by atoms with van der Waals surface area (Å²) in [5.74, 6) is -0.263. The van der Waals surface area contributed by atoms with E-state index < -0.39 is 22.4 Å². The molecule has 5 rings (SSSR count). The van der Waals surface area contributed by atoms with E-state index in [1.165, 1.54) is 12.1 Å². The number of hydrogen-bond donors (Lipinski definition) is 0. The molecule has 0 radical (unpaired) electrons. The lowest BCUT2D eigenvalue weighted by Gasteiger charge is -2.11. The van der Waals surface area contributed by atoms with Gasteiger partial charge >= 0.3 is 0 Å². The van der Waals surface area contributed by atoms with E-state index in [9.17, 15) is 9.18 Å². The number of rotatable bonds is 6. The van der Waals surface area contributed by atoms with Crippen molar-refractivity contribution in [2.45, 2.75) is 6.61 Å². The molecule has 8 nitrogen and oxygen atoms in total. The van der Waals surface area contributed by atoms with Gasteiger partial charge in [0.15, 0.2) is 0 Å². The number of fused-ring (bicyclic) bond motifs is 1. The average molecular weight is 532 g/mol. The van der Waals surface area contributed by atoms with Crippen molar-refractivity contribution in [3.05, 3.63) is 96.3 Å².